The molecule has 10 heteroatoms. The zero-order chi connectivity index (χ0) is 18.0. The van der Waals surface area contributed by atoms with Crippen molar-refractivity contribution in [3.05, 3.63) is 41.4 Å². The summed E-state index contributed by atoms with van der Waals surface area (Å²) in [5, 5.41) is 0.0887. The van der Waals surface area contributed by atoms with Crippen LogP contribution in [0.15, 0.2) is 34.9 Å². The number of benzene rings is 1. The van der Waals surface area contributed by atoms with Crippen LogP contribution in [0.25, 0.3) is 11.1 Å². The fourth-order valence-electron chi connectivity index (χ4n) is 1.90. The Morgan fingerprint density at radius 3 is 2.80 bits per heavy atom. The van der Waals surface area contributed by atoms with Crippen molar-refractivity contribution in [2.24, 2.45) is 0 Å². The molecule has 6 nitrogen and oxygen atoms in total. The molecule has 3 rings (SSSR count). The monoisotopic (exact) mass is 372 g/mol. The van der Waals surface area contributed by atoms with Crippen molar-refractivity contribution in [1.29, 1.82) is 0 Å². The zero-order valence-corrected chi connectivity index (χ0v) is 13.0. The molecule has 0 radical (unpaired) electrons. The molecule has 25 heavy (non-hydrogen) atoms. The molecule has 0 atom stereocenters. The third kappa shape index (κ3) is 4.18. The Balaban J connectivity index is 1.87. The summed E-state index contributed by atoms with van der Waals surface area (Å²) in [7, 11) is 0. The molecule has 3 aromatic rings. The molecule has 0 spiro atoms. The van der Waals surface area contributed by atoms with Crippen LogP contribution < -0.4 is 9.47 Å². The molecular weight excluding hydrogens is 365 g/mol. The number of alkyl halides is 3. The van der Waals surface area contributed by atoms with Crippen LogP contribution in [0.3, 0.4) is 0 Å². The van der Waals surface area contributed by atoms with Gasteiger partial charge in [-0.2, -0.15) is 13.2 Å². The molecule has 0 aliphatic carbocycles. The second kappa shape index (κ2) is 6.60. The fraction of sp³-hybridized carbons (Fsp3) is 0.133. The highest BCUT2D eigenvalue weighted by Crippen LogP contribution is 2.33. The number of fused-ring (bicyclic) bond motifs is 1. The highest BCUT2D eigenvalue weighted by Gasteiger charge is 2.29. The first-order valence-corrected chi connectivity index (χ1v) is 7.10. The quantitative estimate of drug-likeness (QED) is 0.617. The largest absolute Gasteiger partial charge is 0.478 e. The predicted octanol–water partition coefficient (Wildman–Crippen LogP) is 4.42. The minimum atomic E-state index is -4.52. The molecule has 2 heterocycles. The van der Waals surface area contributed by atoms with Crippen LogP contribution in [-0.2, 0) is 0 Å². The molecule has 2 aromatic heterocycles. The number of oxazole rings is 1. The molecular formula is C15H8ClF3N2O4. The summed E-state index contributed by atoms with van der Waals surface area (Å²) in [6, 6.07) is 5.59. The maximum Gasteiger partial charge on any atom is 0.422 e. The van der Waals surface area contributed by atoms with E-state index in [1.807, 2.05) is 0 Å². The smallest absolute Gasteiger partial charge is 0.422 e. The number of carbonyl (C=O) groups is 1. The molecule has 0 saturated heterocycles. The lowest BCUT2D eigenvalue weighted by Gasteiger charge is -2.13. The number of aldehydes is 1. The maximum absolute atomic E-state index is 12.3. The Kier molecular flexibility index (Phi) is 4.49. The van der Waals surface area contributed by atoms with E-state index < -0.39 is 12.8 Å². The van der Waals surface area contributed by atoms with E-state index in [0.29, 0.717) is 11.8 Å². The van der Waals surface area contributed by atoms with Crippen molar-refractivity contribution in [3.63, 3.8) is 0 Å². The van der Waals surface area contributed by atoms with Gasteiger partial charge in [0.25, 0.3) is 11.8 Å². The summed E-state index contributed by atoms with van der Waals surface area (Å²) in [6.45, 7) is -1.52. The lowest BCUT2D eigenvalue weighted by molar-refractivity contribution is -0.153. The van der Waals surface area contributed by atoms with E-state index in [4.69, 9.17) is 20.8 Å². The van der Waals surface area contributed by atoms with Crippen molar-refractivity contribution in [2.45, 2.75) is 6.18 Å². The van der Waals surface area contributed by atoms with Crippen LogP contribution in [0.2, 0.25) is 5.02 Å². The number of hydrogen-bond donors (Lipinski definition) is 0. The van der Waals surface area contributed by atoms with Crippen molar-refractivity contribution in [2.75, 3.05) is 6.61 Å². The first-order valence-electron chi connectivity index (χ1n) is 6.73. The van der Waals surface area contributed by atoms with Gasteiger partial charge in [0.2, 0.25) is 6.29 Å². The molecule has 0 N–H and O–H groups in total. The Labute approximate surface area is 143 Å². The van der Waals surface area contributed by atoms with Gasteiger partial charge in [0.15, 0.2) is 17.9 Å². The molecule has 0 fully saturated rings. The van der Waals surface area contributed by atoms with Crippen LogP contribution in [0.4, 0.5) is 13.2 Å². The summed E-state index contributed by atoms with van der Waals surface area (Å²) in [4.78, 5) is 18.4. The molecule has 1 aromatic carbocycles. The number of halogens is 4. The van der Waals surface area contributed by atoms with Gasteiger partial charge in [-0.3, -0.25) is 4.79 Å². The standard InChI is InChI=1S/C15H8ClF3N2O4/c16-8-3-12(23-7-15(17,18)19)14(20-5-8)24-9-1-2-10-11(4-9)25-13(6-22)21-10/h1-6H,7H2. The van der Waals surface area contributed by atoms with Gasteiger partial charge in [-0.25, -0.2) is 9.97 Å². The fourth-order valence-corrected chi connectivity index (χ4v) is 2.04. The SMILES string of the molecule is O=Cc1nc2ccc(Oc3ncc(Cl)cc3OCC(F)(F)F)cc2o1. The number of pyridine rings is 1. The third-order valence-corrected chi connectivity index (χ3v) is 3.07. The van der Waals surface area contributed by atoms with E-state index in [0.717, 1.165) is 6.07 Å². The Morgan fingerprint density at radius 2 is 2.08 bits per heavy atom. The molecule has 130 valence electrons. The normalized spacial score (nSPS) is 11.5. The lowest BCUT2D eigenvalue weighted by Crippen LogP contribution is -2.19. The summed E-state index contributed by atoms with van der Waals surface area (Å²) >= 11 is 5.73. The van der Waals surface area contributed by atoms with Crippen molar-refractivity contribution in [3.8, 4) is 17.4 Å². The van der Waals surface area contributed by atoms with Gasteiger partial charge in [0.1, 0.15) is 11.3 Å². The van der Waals surface area contributed by atoms with Gasteiger partial charge in [-0.05, 0) is 12.1 Å². The van der Waals surface area contributed by atoms with E-state index in [1.165, 1.54) is 24.4 Å². The van der Waals surface area contributed by atoms with Crippen molar-refractivity contribution < 1.29 is 31.9 Å². The number of carbonyl (C=O) groups excluding carboxylic acids is 1. The Bertz CT molecular complexity index is 927. The molecule has 0 amide bonds. The maximum atomic E-state index is 12.3. The summed E-state index contributed by atoms with van der Waals surface area (Å²) in [6.07, 6.45) is -2.87. The Morgan fingerprint density at radius 1 is 1.28 bits per heavy atom. The van der Waals surface area contributed by atoms with Crippen LogP contribution in [0.1, 0.15) is 10.7 Å². The van der Waals surface area contributed by atoms with Crippen LogP contribution in [0.5, 0.6) is 17.4 Å². The van der Waals surface area contributed by atoms with E-state index in [2.05, 4.69) is 14.7 Å². The lowest BCUT2D eigenvalue weighted by atomic mass is 10.3. The predicted molar refractivity (Wildman–Crippen MR) is 80.3 cm³/mol. The molecule has 0 aliphatic rings. The zero-order valence-electron chi connectivity index (χ0n) is 12.2. The third-order valence-electron chi connectivity index (χ3n) is 2.87. The second-order valence-corrected chi connectivity index (χ2v) is 5.20. The van der Waals surface area contributed by atoms with E-state index in [1.54, 1.807) is 0 Å². The second-order valence-electron chi connectivity index (χ2n) is 4.76. The highest BCUT2D eigenvalue weighted by molar-refractivity contribution is 6.30. The molecule has 0 saturated carbocycles. The highest BCUT2D eigenvalue weighted by atomic mass is 35.5. The summed E-state index contributed by atoms with van der Waals surface area (Å²) in [5.41, 5.74) is 0.693. The summed E-state index contributed by atoms with van der Waals surface area (Å²) in [5.74, 6) is -0.377. The summed E-state index contributed by atoms with van der Waals surface area (Å²) < 4.78 is 52.3. The van der Waals surface area contributed by atoms with Crippen LogP contribution in [0, 0.1) is 0 Å². The average molecular weight is 373 g/mol. The molecule has 0 aliphatic heterocycles. The number of aromatic nitrogens is 2. The van der Waals surface area contributed by atoms with Crippen LogP contribution in [-0.4, -0.2) is 29.0 Å². The minimum absolute atomic E-state index is 0.0887. The van der Waals surface area contributed by atoms with E-state index >= 15 is 0 Å². The van der Waals surface area contributed by atoms with Gasteiger partial charge >= 0.3 is 6.18 Å². The van der Waals surface area contributed by atoms with E-state index in [-0.39, 0.29) is 33.9 Å². The van der Waals surface area contributed by atoms with Gasteiger partial charge in [-0.1, -0.05) is 11.6 Å². The van der Waals surface area contributed by atoms with Gasteiger partial charge < -0.3 is 13.9 Å². The topological polar surface area (TPSA) is 74.5 Å². The van der Waals surface area contributed by atoms with E-state index in [9.17, 15) is 18.0 Å². The first kappa shape index (κ1) is 17.0. The first-order chi connectivity index (χ1) is 11.8. The number of rotatable bonds is 5. The van der Waals surface area contributed by atoms with Gasteiger partial charge in [0.05, 0.1) is 5.02 Å². The average Bonchev–Trinajstić information content (AvgIpc) is 2.96. The van der Waals surface area contributed by atoms with Gasteiger partial charge in [0, 0.05) is 18.3 Å². The molecule has 0 unspecified atom stereocenters. The van der Waals surface area contributed by atoms with Crippen molar-refractivity contribution >= 4 is 29.0 Å². The Hall–Kier alpha value is -2.81. The molecule has 0 bridgehead atoms. The number of nitrogens with zero attached hydrogens (tertiary/aromatic N) is 2. The van der Waals surface area contributed by atoms with Crippen LogP contribution >= 0.6 is 11.6 Å². The minimum Gasteiger partial charge on any atom is -0.478 e. The number of ether oxygens (including phenoxy) is 2. The van der Waals surface area contributed by atoms with Crippen molar-refractivity contribution in [1.82, 2.24) is 9.97 Å². The number of hydrogen-bond acceptors (Lipinski definition) is 6. The van der Waals surface area contributed by atoms with Gasteiger partial charge in [-0.15, -0.1) is 0 Å².